The predicted octanol–water partition coefficient (Wildman–Crippen LogP) is 7.06. The lowest BCUT2D eigenvalue weighted by molar-refractivity contribution is -0.154. The molecule has 0 bridgehead atoms. The second-order valence-corrected chi connectivity index (χ2v) is 22.4. The summed E-state index contributed by atoms with van der Waals surface area (Å²) in [5, 5.41) is 9.67. The second kappa shape index (κ2) is 24.7. The summed E-state index contributed by atoms with van der Waals surface area (Å²) < 4.78 is 16.2. The number of allylic oxidation sites excluding steroid dienone is 2. The number of nitrogens with zero attached hydrogens (tertiary/aromatic N) is 1. The van der Waals surface area contributed by atoms with E-state index in [4.69, 9.17) is 14.2 Å². The van der Waals surface area contributed by atoms with Crippen LogP contribution in [-0.4, -0.2) is 78.1 Å². The van der Waals surface area contributed by atoms with E-state index in [0.717, 1.165) is 43.1 Å². The Morgan fingerprint density at radius 1 is 1.06 bits per heavy atom. The van der Waals surface area contributed by atoms with E-state index in [9.17, 15) is 28.8 Å². The van der Waals surface area contributed by atoms with Gasteiger partial charge in [0.25, 0.3) is 11.8 Å². The SMILES string of the molecule is CC=C(NC(=O)c1csc(CNC(=O)OC(C)(C)C)n1)C(=O)N[C@@H](C)C(=O)O[C@H](C=CCCSC(=O)CCCCCCC)CC(=O)OCC[Si](C)(C)C. The number of unbranched alkanes of at least 4 members (excludes halogenated alkanes) is 4. The Bertz CT molecular complexity index is 1420. The minimum absolute atomic E-state index is 0.0344. The molecule has 53 heavy (non-hydrogen) atoms. The van der Waals surface area contributed by atoms with Gasteiger partial charge >= 0.3 is 18.0 Å². The van der Waals surface area contributed by atoms with Crippen molar-refractivity contribution < 1.29 is 43.0 Å². The van der Waals surface area contributed by atoms with Gasteiger partial charge in [0.1, 0.15) is 34.1 Å². The fraction of sp³-hybridized carbons (Fsp3) is 0.649. The highest BCUT2D eigenvalue weighted by Gasteiger charge is 2.25. The maximum Gasteiger partial charge on any atom is 0.408 e. The number of ether oxygens (including phenoxy) is 3. The Labute approximate surface area is 324 Å². The van der Waals surface area contributed by atoms with Crippen molar-refractivity contribution in [2.45, 2.75) is 143 Å². The van der Waals surface area contributed by atoms with Crippen molar-refractivity contribution in [3.8, 4) is 0 Å². The fourth-order valence-corrected chi connectivity index (χ4v) is 6.47. The molecule has 0 aliphatic rings. The van der Waals surface area contributed by atoms with E-state index in [2.05, 4.69) is 47.5 Å². The molecule has 2 atom stereocenters. The molecule has 0 aromatic carbocycles. The Morgan fingerprint density at radius 2 is 1.75 bits per heavy atom. The molecule has 3 amide bonds. The highest BCUT2D eigenvalue weighted by Crippen LogP contribution is 2.15. The number of thiazole rings is 1. The monoisotopic (exact) mass is 796 g/mol. The van der Waals surface area contributed by atoms with Gasteiger partial charge in [-0.15, -0.1) is 11.3 Å². The van der Waals surface area contributed by atoms with E-state index >= 15 is 0 Å². The van der Waals surface area contributed by atoms with Crippen molar-refractivity contribution in [2.24, 2.45) is 0 Å². The zero-order valence-electron chi connectivity index (χ0n) is 32.9. The number of hydrogen-bond donors (Lipinski definition) is 3. The van der Waals surface area contributed by atoms with Crippen molar-refractivity contribution >= 4 is 66.1 Å². The Balaban J connectivity index is 2.77. The molecule has 0 saturated carbocycles. The molecule has 1 heterocycles. The first kappa shape index (κ1) is 47.5. The van der Waals surface area contributed by atoms with Crippen LogP contribution in [0.4, 0.5) is 4.79 Å². The molecule has 0 fully saturated rings. The summed E-state index contributed by atoms with van der Waals surface area (Å²) in [6, 6.07) is -0.339. The third-order valence-electron chi connectivity index (χ3n) is 7.18. The van der Waals surface area contributed by atoms with Crippen LogP contribution in [-0.2, 0) is 39.9 Å². The van der Waals surface area contributed by atoms with Crippen LogP contribution < -0.4 is 16.0 Å². The van der Waals surface area contributed by atoms with Gasteiger partial charge in [-0.3, -0.25) is 19.2 Å². The van der Waals surface area contributed by atoms with Crippen LogP contribution in [0.1, 0.15) is 108 Å². The number of hydrogen-bond acceptors (Lipinski definition) is 12. The van der Waals surface area contributed by atoms with E-state index in [-0.39, 0.29) is 36.1 Å². The number of nitrogens with one attached hydrogen (secondary N) is 3. The van der Waals surface area contributed by atoms with Crippen LogP contribution >= 0.6 is 23.1 Å². The van der Waals surface area contributed by atoms with Gasteiger partial charge in [0.2, 0.25) is 0 Å². The lowest BCUT2D eigenvalue weighted by Crippen LogP contribution is -2.44. The van der Waals surface area contributed by atoms with Gasteiger partial charge in [0.15, 0.2) is 5.12 Å². The summed E-state index contributed by atoms with van der Waals surface area (Å²) in [4.78, 5) is 80.0. The summed E-state index contributed by atoms with van der Waals surface area (Å²) in [7, 11) is -1.43. The Hall–Kier alpha value is -3.50. The molecule has 3 N–H and O–H groups in total. The molecule has 13 nitrogen and oxygen atoms in total. The third-order valence-corrected chi connectivity index (χ3v) is 10.7. The van der Waals surface area contributed by atoms with Gasteiger partial charge < -0.3 is 30.2 Å². The number of amides is 3. The molecule has 0 unspecified atom stereocenters. The summed E-state index contributed by atoms with van der Waals surface area (Å²) in [6.45, 7) is 17.2. The number of aromatic nitrogens is 1. The molecule has 1 aromatic rings. The van der Waals surface area contributed by atoms with Crippen molar-refractivity contribution in [1.82, 2.24) is 20.9 Å². The normalized spacial score (nSPS) is 13.2. The van der Waals surface area contributed by atoms with Gasteiger partial charge in [-0.05, 0) is 59.6 Å². The molecule has 1 aromatic heterocycles. The van der Waals surface area contributed by atoms with Crippen LogP contribution in [0.15, 0.2) is 29.3 Å². The minimum Gasteiger partial charge on any atom is -0.466 e. The second-order valence-electron chi connectivity index (χ2n) is 14.6. The number of carbonyl (C=O) groups is 6. The largest absolute Gasteiger partial charge is 0.466 e. The molecular weight excluding hydrogens is 737 g/mol. The number of rotatable bonds is 23. The smallest absolute Gasteiger partial charge is 0.408 e. The lowest BCUT2D eigenvalue weighted by atomic mass is 10.1. The van der Waals surface area contributed by atoms with E-state index in [1.54, 1.807) is 39.8 Å². The third kappa shape index (κ3) is 23.0. The Kier molecular flexibility index (Phi) is 22.2. The number of esters is 2. The fourth-order valence-electron chi connectivity index (χ4n) is 4.27. The van der Waals surface area contributed by atoms with Crippen molar-refractivity contribution in [2.75, 3.05) is 12.4 Å². The molecule has 298 valence electrons. The summed E-state index contributed by atoms with van der Waals surface area (Å²) >= 11 is 2.41. The highest BCUT2D eigenvalue weighted by atomic mass is 32.2. The standard InChI is InChI=1S/C37H60N4O9S2Si/c1-10-12-13-14-15-19-32(43)51-21-17-16-18-27(23-31(42)48-20-22-53(7,8)9)49-35(46)26(3)39-33(44)28(11-2)41-34(45)29-25-52-30(40-29)24-38-36(47)50-37(4,5)6/h11,16,18,25-27H,10,12-15,17,19-24H2,1-9H3,(H,38,47)(H,39,44)(H,41,45)/t26-,27+/m0/s1. The van der Waals surface area contributed by atoms with Gasteiger partial charge in [-0.1, -0.05) is 76.2 Å². The Morgan fingerprint density at radius 3 is 2.40 bits per heavy atom. The predicted molar refractivity (Wildman–Crippen MR) is 212 cm³/mol. The maximum atomic E-state index is 13.1. The van der Waals surface area contributed by atoms with Gasteiger partial charge in [0, 0.05) is 25.6 Å². The minimum atomic E-state index is -1.43. The van der Waals surface area contributed by atoms with E-state index in [0.29, 0.717) is 23.6 Å². The van der Waals surface area contributed by atoms with E-state index in [1.807, 2.05) is 0 Å². The van der Waals surface area contributed by atoms with Gasteiger partial charge in [-0.2, -0.15) is 0 Å². The summed E-state index contributed by atoms with van der Waals surface area (Å²) in [5.41, 5.74) is -0.747. The average molecular weight is 797 g/mol. The lowest BCUT2D eigenvalue weighted by Gasteiger charge is -2.19. The number of thioether (sulfide) groups is 1. The van der Waals surface area contributed by atoms with Crippen LogP contribution in [0.2, 0.25) is 25.7 Å². The molecular formula is C37H60N4O9S2Si. The molecule has 0 aliphatic carbocycles. The molecule has 0 saturated heterocycles. The first-order chi connectivity index (χ1) is 24.8. The summed E-state index contributed by atoms with van der Waals surface area (Å²) in [6.07, 6.45) is 9.45. The topological polar surface area (TPSA) is 179 Å². The van der Waals surface area contributed by atoms with Gasteiger partial charge in [-0.25, -0.2) is 14.6 Å². The van der Waals surface area contributed by atoms with Crippen molar-refractivity contribution in [3.63, 3.8) is 0 Å². The van der Waals surface area contributed by atoms with Crippen LogP contribution in [0.3, 0.4) is 0 Å². The summed E-state index contributed by atoms with van der Waals surface area (Å²) in [5.74, 6) is -2.15. The molecule has 0 radical (unpaired) electrons. The molecule has 0 aliphatic heterocycles. The van der Waals surface area contributed by atoms with Crippen molar-refractivity contribution in [1.29, 1.82) is 0 Å². The molecule has 16 heteroatoms. The first-order valence-corrected chi connectivity index (χ1v) is 23.8. The van der Waals surface area contributed by atoms with E-state index in [1.165, 1.54) is 36.6 Å². The molecule has 1 rings (SSSR count). The first-order valence-electron chi connectivity index (χ1n) is 18.2. The number of alkyl carbamates (subject to hydrolysis) is 1. The average Bonchev–Trinajstić information content (AvgIpc) is 3.53. The quantitative estimate of drug-likeness (QED) is 0.0258. The highest BCUT2D eigenvalue weighted by molar-refractivity contribution is 8.13. The van der Waals surface area contributed by atoms with Crippen LogP contribution in [0.5, 0.6) is 0 Å². The van der Waals surface area contributed by atoms with Crippen LogP contribution in [0, 0.1) is 0 Å². The van der Waals surface area contributed by atoms with Crippen LogP contribution in [0.25, 0.3) is 0 Å². The zero-order chi connectivity index (χ0) is 40.0. The van der Waals surface area contributed by atoms with Crippen molar-refractivity contribution in [3.05, 3.63) is 40.0 Å². The number of carbonyl (C=O) groups excluding carboxylic acids is 6. The van der Waals surface area contributed by atoms with Gasteiger partial charge in [0.05, 0.1) is 19.6 Å². The zero-order valence-corrected chi connectivity index (χ0v) is 35.5. The molecule has 0 spiro atoms. The maximum absolute atomic E-state index is 13.1. The van der Waals surface area contributed by atoms with E-state index < -0.39 is 55.7 Å².